The molecule has 8 heteroatoms. The summed E-state index contributed by atoms with van der Waals surface area (Å²) in [5, 5.41) is 3.87. The highest BCUT2D eigenvalue weighted by Gasteiger charge is 2.18. The van der Waals surface area contributed by atoms with Gasteiger partial charge in [-0.3, -0.25) is 14.3 Å². The number of unbranched alkanes of at least 4 members (excludes halogenated alkanes) is 1. The molecule has 0 aromatic carbocycles. The summed E-state index contributed by atoms with van der Waals surface area (Å²) in [6.07, 6.45) is 10.2. The van der Waals surface area contributed by atoms with Crippen molar-refractivity contribution in [2.75, 3.05) is 0 Å². The molecule has 150 valence electrons. The molecule has 1 N–H and O–H groups in total. The minimum absolute atomic E-state index is 0.248. The molecule has 0 amide bonds. The predicted octanol–water partition coefficient (Wildman–Crippen LogP) is 2.79. The lowest BCUT2D eigenvalue weighted by Crippen LogP contribution is -2.36. The lowest BCUT2D eigenvalue weighted by Gasteiger charge is -2.21. The Bertz CT molecular complexity index is 1050. The first-order valence-electron chi connectivity index (χ1n) is 10.2. The first-order valence-corrected chi connectivity index (χ1v) is 10.2. The fourth-order valence-corrected chi connectivity index (χ4v) is 4.18. The van der Waals surface area contributed by atoms with Crippen molar-refractivity contribution >= 4 is 11.2 Å². The van der Waals surface area contributed by atoms with Gasteiger partial charge in [-0.2, -0.15) is 0 Å². The average molecular weight is 385 g/mol. The summed E-state index contributed by atoms with van der Waals surface area (Å²) in [4.78, 5) is 32.4. The van der Waals surface area contributed by atoms with E-state index in [2.05, 4.69) is 15.1 Å². The second kappa shape index (κ2) is 8.16. The number of hydrogen-bond donors (Lipinski definition) is 1. The molecule has 4 rings (SSSR count). The van der Waals surface area contributed by atoms with Gasteiger partial charge < -0.3 is 9.09 Å². The zero-order valence-electron chi connectivity index (χ0n) is 16.3. The van der Waals surface area contributed by atoms with Gasteiger partial charge in [-0.15, -0.1) is 0 Å². The minimum atomic E-state index is -0.393. The zero-order valence-corrected chi connectivity index (χ0v) is 16.3. The molecule has 1 aliphatic carbocycles. The number of aryl methyl sites for hydroxylation is 2. The first kappa shape index (κ1) is 18.7. The smallest absolute Gasteiger partial charge is 0.330 e. The topological polar surface area (TPSA) is 98.7 Å². The van der Waals surface area contributed by atoms with Crippen LogP contribution in [0.2, 0.25) is 0 Å². The molecule has 0 spiro atoms. The van der Waals surface area contributed by atoms with Crippen LogP contribution < -0.4 is 11.2 Å². The number of nitrogens with one attached hydrogen (secondary N) is 1. The molecule has 3 heterocycles. The molecule has 0 unspecified atom stereocenters. The van der Waals surface area contributed by atoms with Gasteiger partial charge in [0.15, 0.2) is 11.2 Å². The van der Waals surface area contributed by atoms with Crippen molar-refractivity contribution in [3.05, 3.63) is 44.7 Å². The van der Waals surface area contributed by atoms with Crippen LogP contribution in [0.25, 0.3) is 11.2 Å². The van der Waals surface area contributed by atoms with E-state index >= 15 is 0 Å². The zero-order chi connectivity index (χ0) is 19.5. The SMILES string of the molecule is Cc1cc(CCCCn2c(=O)[nH]c3ncn(CC4CCCCC4)c3c2=O)on1. The van der Waals surface area contributed by atoms with Gasteiger partial charge in [0.25, 0.3) is 5.56 Å². The second-order valence-electron chi connectivity index (χ2n) is 7.88. The number of imidazole rings is 1. The standard InChI is InChI=1S/C20H27N5O3/c1-14-11-16(28-23-14)9-5-6-10-25-19(26)17-18(22-20(25)27)21-13-24(17)12-15-7-3-2-4-8-15/h11,13,15H,2-10,12H2,1H3,(H,22,27). The molecule has 0 radical (unpaired) electrons. The quantitative estimate of drug-likeness (QED) is 0.631. The number of H-pyrrole nitrogens is 1. The van der Waals surface area contributed by atoms with E-state index in [0.29, 0.717) is 30.0 Å². The Labute approximate surface area is 162 Å². The van der Waals surface area contributed by atoms with E-state index in [4.69, 9.17) is 4.52 Å². The molecule has 0 bridgehead atoms. The number of aromatic nitrogens is 5. The van der Waals surface area contributed by atoms with Gasteiger partial charge in [-0.25, -0.2) is 9.78 Å². The maximum atomic E-state index is 13.0. The second-order valence-corrected chi connectivity index (χ2v) is 7.88. The van der Waals surface area contributed by atoms with Crippen LogP contribution in [0.1, 0.15) is 56.4 Å². The monoisotopic (exact) mass is 385 g/mol. The maximum Gasteiger partial charge on any atom is 0.330 e. The number of hydrogen-bond acceptors (Lipinski definition) is 5. The van der Waals surface area contributed by atoms with Crippen molar-refractivity contribution in [3.8, 4) is 0 Å². The summed E-state index contributed by atoms with van der Waals surface area (Å²) in [6.45, 7) is 3.06. The summed E-state index contributed by atoms with van der Waals surface area (Å²) in [5.41, 5.74) is 1.12. The van der Waals surface area contributed by atoms with Crippen LogP contribution in [0.15, 0.2) is 26.5 Å². The number of rotatable bonds is 7. The van der Waals surface area contributed by atoms with Gasteiger partial charge in [0.1, 0.15) is 5.76 Å². The third kappa shape index (κ3) is 3.95. The summed E-state index contributed by atoms with van der Waals surface area (Å²) in [7, 11) is 0. The van der Waals surface area contributed by atoms with E-state index in [1.54, 1.807) is 6.33 Å². The summed E-state index contributed by atoms with van der Waals surface area (Å²) in [6, 6.07) is 1.91. The molecule has 3 aromatic heterocycles. The van der Waals surface area contributed by atoms with E-state index in [1.165, 1.54) is 36.7 Å². The largest absolute Gasteiger partial charge is 0.361 e. The molecule has 0 aliphatic heterocycles. The highest BCUT2D eigenvalue weighted by atomic mass is 16.5. The molecule has 8 nitrogen and oxygen atoms in total. The van der Waals surface area contributed by atoms with Crippen LogP contribution in [-0.2, 0) is 19.5 Å². The normalized spacial score (nSPS) is 15.5. The van der Waals surface area contributed by atoms with Gasteiger partial charge in [0.2, 0.25) is 0 Å². The fourth-order valence-electron chi connectivity index (χ4n) is 4.18. The predicted molar refractivity (Wildman–Crippen MR) is 105 cm³/mol. The van der Waals surface area contributed by atoms with E-state index < -0.39 is 5.69 Å². The molecule has 1 fully saturated rings. The third-order valence-corrected chi connectivity index (χ3v) is 5.67. The Kier molecular flexibility index (Phi) is 5.45. The van der Waals surface area contributed by atoms with Crippen molar-refractivity contribution < 1.29 is 4.52 Å². The van der Waals surface area contributed by atoms with Crippen molar-refractivity contribution in [1.29, 1.82) is 0 Å². The number of fused-ring (bicyclic) bond motifs is 1. The summed E-state index contributed by atoms with van der Waals surface area (Å²) in [5.74, 6) is 1.41. The lowest BCUT2D eigenvalue weighted by atomic mass is 9.89. The molecular weight excluding hydrogens is 358 g/mol. The first-order chi connectivity index (χ1) is 13.6. The summed E-state index contributed by atoms with van der Waals surface area (Å²) >= 11 is 0. The Morgan fingerprint density at radius 2 is 2.04 bits per heavy atom. The minimum Gasteiger partial charge on any atom is -0.361 e. The molecule has 28 heavy (non-hydrogen) atoms. The van der Waals surface area contributed by atoms with Crippen molar-refractivity contribution in [2.45, 2.75) is 71.4 Å². The van der Waals surface area contributed by atoms with E-state index in [1.807, 2.05) is 17.6 Å². The maximum absolute atomic E-state index is 13.0. The Morgan fingerprint density at radius 1 is 1.21 bits per heavy atom. The highest BCUT2D eigenvalue weighted by molar-refractivity contribution is 5.69. The van der Waals surface area contributed by atoms with Crippen LogP contribution in [0.4, 0.5) is 0 Å². The van der Waals surface area contributed by atoms with Crippen molar-refractivity contribution in [2.24, 2.45) is 5.92 Å². The third-order valence-electron chi connectivity index (χ3n) is 5.67. The molecular formula is C20H27N5O3. The number of nitrogens with zero attached hydrogens (tertiary/aromatic N) is 4. The van der Waals surface area contributed by atoms with Crippen molar-refractivity contribution in [3.63, 3.8) is 0 Å². The van der Waals surface area contributed by atoms with Gasteiger partial charge in [-0.1, -0.05) is 24.4 Å². The van der Waals surface area contributed by atoms with Gasteiger partial charge in [0, 0.05) is 25.6 Å². The van der Waals surface area contributed by atoms with Crippen LogP contribution in [0, 0.1) is 12.8 Å². The highest BCUT2D eigenvalue weighted by Crippen LogP contribution is 2.25. The van der Waals surface area contributed by atoms with Crippen LogP contribution in [0.3, 0.4) is 0 Å². The van der Waals surface area contributed by atoms with Crippen LogP contribution in [-0.4, -0.2) is 24.3 Å². The molecule has 1 aliphatic rings. The average Bonchev–Trinajstić information content (AvgIpc) is 3.28. The van der Waals surface area contributed by atoms with E-state index in [0.717, 1.165) is 30.8 Å². The number of aromatic amines is 1. The Balaban J connectivity index is 1.48. The fraction of sp³-hybridized carbons (Fsp3) is 0.600. The van der Waals surface area contributed by atoms with E-state index in [9.17, 15) is 9.59 Å². The van der Waals surface area contributed by atoms with Gasteiger partial charge in [-0.05, 0) is 38.5 Å². The van der Waals surface area contributed by atoms with Crippen LogP contribution in [0.5, 0.6) is 0 Å². The molecule has 3 aromatic rings. The summed E-state index contributed by atoms with van der Waals surface area (Å²) < 4.78 is 8.43. The van der Waals surface area contributed by atoms with Crippen LogP contribution >= 0.6 is 0 Å². The lowest BCUT2D eigenvalue weighted by molar-refractivity contribution is 0.322. The molecule has 0 atom stereocenters. The van der Waals surface area contributed by atoms with E-state index in [-0.39, 0.29) is 5.56 Å². The molecule has 0 saturated heterocycles. The Morgan fingerprint density at radius 3 is 2.79 bits per heavy atom. The van der Waals surface area contributed by atoms with Crippen molar-refractivity contribution in [1.82, 2.24) is 24.3 Å². The Hall–Kier alpha value is -2.64. The molecule has 1 saturated carbocycles. The van der Waals surface area contributed by atoms with Gasteiger partial charge >= 0.3 is 5.69 Å². The van der Waals surface area contributed by atoms with Gasteiger partial charge in [0.05, 0.1) is 12.0 Å².